The van der Waals surface area contributed by atoms with Crippen LogP contribution < -0.4 is 4.74 Å². The van der Waals surface area contributed by atoms with Gasteiger partial charge in [-0.3, -0.25) is 9.91 Å². The number of hydrogen-bond acceptors (Lipinski definition) is 4. The Bertz CT molecular complexity index is 907. The standard InChI is InChI=1S/C23H25N3O/c1-27-22-11-9-19(10-12-22)17-24-26-15-13-25(14-16-26)18-21-7-4-6-20-5-2-3-8-23(20)21/h2-12,17H,13-16,18H2,1H3. The van der Waals surface area contributed by atoms with Crippen LogP contribution in [0.25, 0.3) is 10.8 Å². The van der Waals surface area contributed by atoms with Gasteiger partial charge in [0, 0.05) is 32.7 Å². The van der Waals surface area contributed by atoms with Gasteiger partial charge >= 0.3 is 0 Å². The summed E-state index contributed by atoms with van der Waals surface area (Å²) in [6, 6.07) is 23.2. The van der Waals surface area contributed by atoms with E-state index in [0.29, 0.717) is 0 Å². The lowest BCUT2D eigenvalue weighted by Gasteiger charge is -2.33. The van der Waals surface area contributed by atoms with Crippen LogP contribution in [0.1, 0.15) is 11.1 Å². The summed E-state index contributed by atoms with van der Waals surface area (Å²) in [5.74, 6) is 0.870. The highest BCUT2D eigenvalue weighted by Gasteiger charge is 2.16. The quantitative estimate of drug-likeness (QED) is 0.645. The molecule has 0 aliphatic carbocycles. The van der Waals surface area contributed by atoms with E-state index >= 15 is 0 Å². The second-order valence-corrected chi connectivity index (χ2v) is 6.89. The lowest BCUT2D eigenvalue weighted by molar-refractivity contribution is 0.131. The summed E-state index contributed by atoms with van der Waals surface area (Å²) in [6.45, 7) is 4.97. The first kappa shape index (κ1) is 17.6. The molecule has 0 saturated carbocycles. The molecule has 0 unspecified atom stereocenters. The number of fused-ring (bicyclic) bond motifs is 1. The van der Waals surface area contributed by atoms with Crippen molar-refractivity contribution in [2.24, 2.45) is 5.10 Å². The molecule has 4 rings (SSSR count). The minimum atomic E-state index is 0.870. The lowest BCUT2D eigenvalue weighted by atomic mass is 10.0. The molecule has 0 atom stereocenters. The molecule has 3 aromatic carbocycles. The lowest BCUT2D eigenvalue weighted by Crippen LogP contribution is -2.43. The van der Waals surface area contributed by atoms with E-state index in [1.165, 1.54) is 16.3 Å². The number of benzene rings is 3. The fourth-order valence-corrected chi connectivity index (χ4v) is 3.52. The molecule has 0 N–H and O–H groups in total. The smallest absolute Gasteiger partial charge is 0.118 e. The van der Waals surface area contributed by atoms with E-state index in [1.807, 2.05) is 30.5 Å². The maximum atomic E-state index is 5.19. The largest absolute Gasteiger partial charge is 0.497 e. The highest BCUT2D eigenvalue weighted by Crippen LogP contribution is 2.20. The Morgan fingerprint density at radius 2 is 1.63 bits per heavy atom. The Morgan fingerprint density at radius 1 is 0.889 bits per heavy atom. The zero-order valence-electron chi connectivity index (χ0n) is 15.7. The van der Waals surface area contributed by atoms with Gasteiger partial charge in [-0.05, 0) is 46.2 Å². The molecular formula is C23H25N3O. The van der Waals surface area contributed by atoms with Crippen LogP contribution in [0.3, 0.4) is 0 Å². The Kier molecular flexibility index (Phi) is 5.35. The molecule has 0 spiro atoms. The Hall–Kier alpha value is -2.85. The number of methoxy groups -OCH3 is 1. The molecule has 0 bridgehead atoms. The molecule has 138 valence electrons. The van der Waals surface area contributed by atoms with Crippen LogP contribution in [0.4, 0.5) is 0 Å². The molecule has 1 aliphatic heterocycles. The molecular weight excluding hydrogens is 334 g/mol. The maximum absolute atomic E-state index is 5.19. The van der Waals surface area contributed by atoms with Crippen molar-refractivity contribution >= 4 is 17.0 Å². The number of rotatable bonds is 5. The predicted octanol–water partition coefficient (Wildman–Crippen LogP) is 4.00. The van der Waals surface area contributed by atoms with Gasteiger partial charge in [0.05, 0.1) is 13.3 Å². The molecule has 4 heteroatoms. The highest BCUT2D eigenvalue weighted by molar-refractivity contribution is 5.85. The van der Waals surface area contributed by atoms with E-state index in [-0.39, 0.29) is 0 Å². The van der Waals surface area contributed by atoms with Crippen LogP contribution in [0.2, 0.25) is 0 Å². The molecule has 3 aromatic rings. The van der Waals surface area contributed by atoms with Crippen LogP contribution in [-0.4, -0.2) is 49.4 Å². The van der Waals surface area contributed by atoms with Crippen LogP contribution >= 0.6 is 0 Å². The average Bonchev–Trinajstić information content (AvgIpc) is 2.74. The number of ether oxygens (including phenoxy) is 1. The predicted molar refractivity (Wildman–Crippen MR) is 111 cm³/mol. The number of piperazine rings is 1. The average molecular weight is 359 g/mol. The van der Waals surface area contributed by atoms with Gasteiger partial charge in [0.25, 0.3) is 0 Å². The summed E-state index contributed by atoms with van der Waals surface area (Å²) < 4.78 is 5.19. The fourth-order valence-electron chi connectivity index (χ4n) is 3.52. The third kappa shape index (κ3) is 4.29. The van der Waals surface area contributed by atoms with Gasteiger partial charge < -0.3 is 4.74 Å². The monoisotopic (exact) mass is 359 g/mol. The van der Waals surface area contributed by atoms with Gasteiger partial charge in [0.15, 0.2) is 0 Å². The second-order valence-electron chi connectivity index (χ2n) is 6.89. The second kappa shape index (κ2) is 8.23. The van der Waals surface area contributed by atoms with Crippen LogP contribution in [0.5, 0.6) is 5.75 Å². The normalized spacial score (nSPS) is 15.5. The summed E-state index contributed by atoms with van der Waals surface area (Å²) in [6.07, 6.45) is 1.93. The van der Waals surface area contributed by atoms with E-state index in [4.69, 9.17) is 4.74 Å². The van der Waals surface area contributed by atoms with Gasteiger partial charge in [-0.1, -0.05) is 42.5 Å². The van der Waals surface area contributed by atoms with Gasteiger partial charge in [0.2, 0.25) is 0 Å². The Balaban J connectivity index is 1.34. The molecule has 4 nitrogen and oxygen atoms in total. The van der Waals surface area contributed by atoms with E-state index < -0.39 is 0 Å². The summed E-state index contributed by atoms with van der Waals surface area (Å²) >= 11 is 0. The minimum absolute atomic E-state index is 0.870. The molecule has 1 heterocycles. The van der Waals surface area contributed by atoms with Crippen molar-refractivity contribution < 1.29 is 4.74 Å². The van der Waals surface area contributed by atoms with E-state index in [1.54, 1.807) is 7.11 Å². The Morgan fingerprint density at radius 3 is 2.41 bits per heavy atom. The van der Waals surface area contributed by atoms with Crippen LogP contribution in [0, 0.1) is 0 Å². The maximum Gasteiger partial charge on any atom is 0.118 e. The molecule has 27 heavy (non-hydrogen) atoms. The van der Waals surface area contributed by atoms with Crippen molar-refractivity contribution in [1.29, 1.82) is 0 Å². The van der Waals surface area contributed by atoms with Crippen LogP contribution in [-0.2, 0) is 6.54 Å². The summed E-state index contributed by atoms with van der Waals surface area (Å²) in [7, 11) is 1.68. The summed E-state index contributed by atoms with van der Waals surface area (Å²) in [4.78, 5) is 2.52. The molecule has 1 saturated heterocycles. The van der Waals surface area contributed by atoms with Crippen molar-refractivity contribution in [2.45, 2.75) is 6.54 Å². The number of hydrogen-bond donors (Lipinski definition) is 0. The van der Waals surface area contributed by atoms with E-state index in [9.17, 15) is 0 Å². The molecule has 0 amide bonds. The molecule has 0 radical (unpaired) electrons. The zero-order valence-corrected chi connectivity index (χ0v) is 15.7. The first-order valence-corrected chi connectivity index (χ1v) is 9.44. The van der Waals surface area contributed by atoms with Gasteiger partial charge in [-0.15, -0.1) is 0 Å². The SMILES string of the molecule is COc1ccc(C=NN2CCN(Cc3cccc4ccccc34)CC2)cc1. The van der Waals surface area contributed by atoms with Crippen molar-refractivity contribution in [3.8, 4) is 5.75 Å². The van der Waals surface area contributed by atoms with Crippen molar-refractivity contribution in [1.82, 2.24) is 9.91 Å². The topological polar surface area (TPSA) is 28.1 Å². The zero-order chi connectivity index (χ0) is 18.5. The minimum Gasteiger partial charge on any atom is -0.497 e. The van der Waals surface area contributed by atoms with Crippen molar-refractivity contribution in [3.63, 3.8) is 0 Å². The first-order valence-electron chi connectivity index (χ1n) is 9.44. The fraction of sp³-hybridized carbons (Fsp3) is 0.261. The highest BCUT2D eigenvalue weighted by atomic mass is 16.5. The van der Waals surface area contributed by atoms with E-state index in [0.717, 1.165) is 44.0 Å². The van der Waals surface area contributed by atoms with Crippen LogP contribution in [0.15, 0.2) is 71.8 Å². The Labute approximate surface area is 160 Å². The van der Waals surface area contributed by atoms with E-state index in [2.05, 4.69) is 57.5 Å². The first-order chi connectivity index (χ1) is 13.3. The summed E-state index contributed by atoms with van der Waals surface area (Å²) in [5, 5.41) is 9.48. The third-order valence-corrected chi connectivity index (χ3v) is 5.11. The third-order valence-electron chi connectivity index (χ3n) is 5.11. The van der Waals surface area contributed by atoms with Crippen molar-refractivity contribution in [2.75, 3.05) is 33.3 Å². The van der Waals surface area contributed by atoms with Gasteiger partial charge in [-0.2, -0.15) is 5.10 Å². The molecule has 1 aliphatic rings. The number of hydrazone groups is 1. The van der Waals surface area contributed by atoms with Gasteiger partial charge in [-0.25, -0.2) is 0 Å². The summed E-state index contributed by atoms with van der Waals surface area (Å²) in [5.41, 5.74) is 2.50. The molecule has 0 aromatic heterocycles. The molecule has 1 fully saturated rings. The van der Waals surface area contributed by atoms with Crippen molar-refractivity contribution in [3.05, 3.63) is 77.9 Å². The number of nitrogens with zero attached hydrogens (tertiary/aromatic N) is 3. The van der Waals surface area contributed by atoms with Gasteiger partial charge in [0.1, 0.15) is 5.75 Å².